The van der Waals surface area contributed by atoms with Crippen LogP contribution in [0.4, 0.5) is 5.82 Å². The van der Waals surface area contributed by atoms with E-state index in [9.17, 15) is 0 Å². The first-order valence-electron chi connectivity index (χ1n) is 6.63. The van der Waals surface area contributed by atoms with E-state index in [1.54, 1.807) is 4.68 Å². The van der Waals surface area contributed by atoms with Crippen molar-refractivity contribution in [2.24, 2.45) is 0 Å². The van der Waals surface area contributed by atoms with Gasteiger partial charge in [-0.1, -0.05) is 37.6 Å². The van der Waals surface area contributed by atoms with Crippen LogP contribution in [-0.4, -0.2) is 21.8 Å². The summed E-state index contributed by atoms with van der Waals surface area (Å²) in [5.41, 5.74) is 7.65. The largest absolute Gasteiger partial charge is 0.454 e. The Hall–Kier alpha value is -1.95. The van der Waals surface area contributed by atoms with Gasteiger partial charge in [0.2, 0.25) is 6.79 Å². The van der Waals surface area contributed by atoms with Gasteiger partial charge in [0.15, 0.2) is 17.3 Å². The summed E-state index contributed by atoms with van der Waals surface area (Å²) >= 11 is 6.20. The van der Waals surface area contributed by atoms with Gasteiger partial charge in [-0.3, -0.25) is 0 Å². The van der Waals surface area contributed by atoms with Gasteiger partial charge in [-0.15, -0.1) is 5.10 Å². The van der Waals surface area contributed by atoms with E-state index in [2.05, 4.69) is 31.1 Å². The fraction of sp³-hybridized carbons (Fsp3) is 0.429. The van der Waals surface area contributed by atoms with E-state index in [-0.39, 0.29) is 12.2 Å². The SMILES string of the molecule is CC(C)(C)c1c(N)nnn1Cc1cc(Cl)c2c(c1)OCO2. The van der Waals surface area contributed by atoms with Gasteiger partial charge in [0.05, 0.1) is 17.3 Å². The number of anilines is 1. The maximum Gasteiger partial charge on any atom is 0.231 e. The maximum atomic E-state index is 6.20. The van der Waals surface area contributed by atoms with Crippen LogP contribution < -0.4 is 15.2 Å². The number of nitrogen functional groups attached to an aromatic ring is 1. The maximum absolute atomic E-state index is 6.20. The first-order valence-corrected chi connectivity index (χ1v) is 7.01. The lowest BCUT2D eigenvalue weighted by Gasteiger charge is -2.20. The normalized spacial score (nSPS) is 13.7. The number of aromatic nitrogens is 3. The van der Waals surface area contributed by atoms with Crippen molar-refractivity contribution in [2.45, 2.75) is 32.7 Å². The molecule has 0 radical (unpaired) electrons. The van der Waals surface area contributed by atoms with Crippen LogP contribution in [0.1, 0.15) is 32.0 Å². The second-order valence-electron chi connectivity index (χ2n) is 6.04. The van der Waals surface area contributed by atoms with E-state index in [0.29, 0.717) is 28.9 Å². The van der Waals surface area contributed by atoms with Gasteiger partial charge in [-0.05, 0) is 17.7 Å². The molecule has 0 spiro atoms. The van der Waals surface area contributed by atoms with Crippen molar-refractivity contribution in [1.82, 2.24) is 15.0 Å². The van der Waals surface area contributed by atoms with Crippen LogP contribution >= 0.6 is 11.6 Å². The molecule has 2 aromatic rings. The highest BCUT2D eigenvalue weighted by molar-refractivity contribution is 6.32. The Balaban J connectivity index is 1.97. The molecule has 2 N–H and O–H groups in total. The topological polar surface area (TPSA) is 75.2 Å². The minimum Gasteiger partial charge on any atom is -0.454 e. The molecule has 0 saturated heterocycles. The predicted octanol–water partition coefficient (Wildman–Crippen LogP) is 2.59. The van der Waals surface area contributed by atoms with Crippen molar-refractivity contribution < 1.29 is 9.47 Å². The highest BCUT2D eigenvalue weighted by Crippen LogP contribution is 2.40. The third-order valence-electron chi connectivity index (χ3n) is 3.29. The summed E-state index contributed by atoms with van der Waals surface area (Å²) < 4.78 is 12.5. The summed E-state index contributed by atoms with van der Waals surface area (Å²) in [4.78, 5) is 0. The van der Waals surface area contributed by atoms with Crippen LogP contribution in [-0.2, 0) is 12.0 Å². The standard InChI is InChI=1S/C14H17ClN4O2/c1-14(2,3)12-13(16)17-18-19(12)6-8-4-9(15)11-10(5-8)20-7-21-11/h4-5H,6-7,16H2,1-3H3. The molecule has 0 bridgehead atoms. The van der Waals surface area contributed by atoms with Crippen molar-refractivity contribution >= 4 is 17.4 Å². The van der Waals surface area contributed by atoms with Gasteiger partial charge < -0.3 is 15.2 Å². The first-order chi connectivity index (χ1) is 9.86. The van der Waals surface area contributed by atoms with E-state index in [1.807, 2.05) is 12.1 Å². The van der Waals surface area contributed by atoms with Crippen LogP contribution in [0.3, 0.4) is 0 Å². The molecule has 0 amide bonds. The summed E-state index contributed by atoms with van der Waals surface area (Å²) in [6.45, 7) is 6.94. The van der Waals surface area contributed by atoms with E-state index < -0.39 is 0 Å². The summed E-state index contributed by atoms with van der Waals surface area (Å²) in [5.74, 6) is 1.70. The van der Waals surface area contributed by atoms with Gasteiger partial charge in [0, 0.05) is 5.41 Å². The Bertz CT molecular complexity index is 691. The smallest absolute Gasteiger partial charge is 0.231 e. The molecule has 7 heteroatoms. The van der Waals surface area contributed by atoms with Gasteiger partial charge in [0.25, 0.3) is 0 Å². The van der Waals surface area contributed by atoms with Crippen molar-refractivity contribution in [1.29, 1.82) is 0 Å². The Morgan fingerprint density at radius 3 is 2.81 bits per heavy atom. The number of halogens is 1. The summed E-state index contributed by atoms with van der Waals surface area (Å²) in [5, 5.41) is 8.64. The van der Waals surface area contributed by atoms with Gasteiger partial charge in [-0.25, -0.2) is 4.68 Å². The number of hydrogen-bond donors (Lipinski definition) is 1. The molecule has 112 valence electrons. The average molecular weight is 309 g/mol. The zero-order valence-corrected chi connectivity index (χ0v) is 12.9. The van der Waals surface area contributed by atoms with Crippen molar-refractivity contribution in [3.63, 3.8) is 0 Å². The number of benzene rings is 1. The van der Waals surface area contributed by atoms with Crippen molar-refractivity contribution in [3.8, 4) is 11.5 Å². The molecule has 1 aromatic heterocycles. The van der Waals surface area contributed by atoms with Crippen molar-refractivity contribution in [2.75, 3.05) is 12.5 Å². The number of fused-ring (bicyclic) bond motifs is 1. The third kappa shape index (κ3) is 2.51. The Morgan fingerprint density at radius 1 is 1.33 bits per heavy atom. The van der Waals surface area contributed by atoms with Crippen LogP contribution in [0.2, 0.25) is 5.02 Å². The Morgan fingerprint density at radius 2 is 2.10 bits per heavy atom. The molecule has 0 unspecified atom stereocenters. The number of nitrogens with two attached hydrogens (primary N) is 1. The lowest BCUT2D eigenvalue weighted by atomic mass is 9.91. The highest BCUT2D eigenvalue weighted by atomic mass is 35.5. The molecule has 0 fully saturated rings. The average Bonchev–Trinajstić information content (AvgIpc) is 2.95. The zero-order chi connectivity index (χ0) is 15.2. The number of rotatable bonds is 2. The lowest BCUT2D eigenvalue weighted by molar-refractivity contribution is 0.174. The van der Waals surface area contributed by atoms with Gasteiger partial charge >= 0.3 is 0 Å². The minimum absolute atomic E-state index is 0.145. The van der Waals surface area contributed by atoms with Crippen LogP contribution in [0.25, 0.3) is 0 Å². The van der Waals surface area contributed by atoms with Crippen LogP contribution in [0.15, 0.2) is 12.1 Å². The number of hydrogen-bond acceptors (Lipinski definition) is 5. The fourth-order valence-electron chi connectivity index (χ4n) is 2.49. The first kappa shape index (κ1) is 14.0. The second kappa shape index (κ2) is 4.80. The van der Waals surface area contributed by atoms with Crippen LogP contribution in [0, 0.1) is 0 Å². The Labute approximate surface area is 127 Å². The van der Waals surface area contributed by atoms with E-state index in [1.165, 1.54) is 0 Å². The van der Waals surface area contributed by atoms with Crippen molar-refractivity contribution in [3.05, 3.63) is 28.4 Å². The van der Waals surface area contributed by atoms with Gasteiger partial charge in [0.1, 0.15) is 0 Å². The molecule has 0 aliphatic carbocycles. The predicted molar refractivity (Wildman–Crippen MR) is 79.8 cm³/mol. The molecule has 1 aliphatic rings. The fourth-order valence-corrected chi connectivity index (χ4v) is 2.78. The molecule has 0 atom stereocenters. The molecular weight excluding hydrogens is 292 g/mol. The molecular formula is C14H17ClN4O2. The summed E-state index contributed by atoms with van der Waals surface area (Å²) in [6, 6.07) is 3.75. The van der Waals surface area contributed by atoms with E-state index in [0.717, 1.165) is 11.3 Å². The number of nitrogens with zero attached hydrogens (tertiary/aromatic N) is 3. The molecule has 1 aromatic carbocycles. The molecule has 2 heterocycles. The van der Waals surface area contributed by atoms with E-state index in [4.69, 9.17) is 26.8 Å². The number of ether oxygens (including phenoxy) is 2. The quantitative estimate of drug-likeness (QED) is 0.923. The molecule has 6 nitrogen and oxygen atoms in total. The zero-order valence-electron chi connectivity index (χ0n) is 12.2. The molecule has 0 saturated carbocycles. The van der Waals surface area contributed by atoms with E-state index >= 15 is 0 Å². The molecule has 21 heavy (non-hydrogen) atoms. The van der Waals surface area contributed by atoms with Crippen LogP contribution in [0.5, 0.6) is 11.5 Å². The highest BCUT2D eigenvalue weighted by Gasteiger charge is 2.25. The minimum atomic E-state index is -0.145. The van der Waals surface area contributed by atoms with Gasteiger partial charge in [-0.2, -0.15) is 0 Å². The second-order valence-corrected chi connectivity index (χ2v) is 6.45. The summed E-state index contributed by atoms with van der Waals surface area (Å²) in [6.07, 6.45) is 0. The Kier molecular flexibility index (Phi) is 3.20. The molecule has 1 aliphatic heterocycles. The monoisotopic (exact) mass is 308 g/mol. The molecule has 3 rings (SSSR count). The summed E-state index contributed by atoms with van der Waals surface area (Å²) in [7, 11) is 0. The lowest BCUT2D eigenvalue weighted by Crippen LogP contribution is -2.20. The third-order valence-corrected chi connectivity index (χ3v) is 3.57.